The van der Waals surface area contributed by atoms with Crippen LogP contribution in [0.1, 0.15) is 65.2 Å². The highest BCUT2D eigenvalue weighted by molar-refractivity contribution is 7.89. The van der Waals surface area contributed by atoms with Crippen LogP contribution in [0.5, 0.6) is 0 Å². The summed E-state index contributed by atoms with van der Waals surface area (Å²) in [7, 11) is -3.52. The molecule has 1 heterocycles. The van der Waals surface area contributed by atoms with Crippen molar-refractivity contribution in [3.05, 3.63) is 24.3 Å². The molecular weight excluding hydrogens is 374 g/mol. The van der Waals surface area contributed by atoms with E-state index in [4.69, 9.17) is 0 Å². The van der Waals surface area contributed by atoms with Gasteiger partial charge in [-0.25, -0.2) is 8.42 Å². The number of hydrogen-bond acceptors (Lipinski definition) is 3. The van der Waals surface area contributed by atoms with Crippen LogP contribution >= 0.6 is 0 Å². The van der Waals surface area contributed by atoms with Crippen molar-refractivity contribution in [2.75, 3.05) is 11.9 Å². The maximum atomic E-state index is 13.1. The van der Waals surface area contributed by atoms with Gasteiger partial charge in [0.1, 0.15) is 0 Å². The zero-order valence-electron chi connectivity index (χ0n) is 17.1. The highest BCUT2D eigenvalue weighted by Gasteiger charge is 2.35. The molecule has 1 aliphatic carbocycles. The third-order valence-electron chi connectivity index (χ3n) is 6.11. The molecule has 1 saturated carbocycles. The van der Waals surface area contributed by atoms with E-state index in [0.29, 0.717) is 23.2 Å². The Bertz CT molecular complexity index is 748. The number of piperidine rings is 1. The Kier molecular flexibility index (Phi) is 7.12. The van der Waals surface area contributed by atoms with E-state index in [1.807, 2.05) is 13.8 Å². The molecule has 0 bridgehead atoms. The Hall–Kier alpha value is -1.44. The molecule has 3 N–H and O–H groups in total. The van der Waals surface area contributed by atoms with Gasteiger partial charge in [0.15, 0.2) is 6.54 Å². The number of hydrogen-bond donors (Lipinski definition) is 2. The van der Waals surface area contributed by atoms with Crippen molar-refractivity contribution in [3.8, 4) is 0 Å². The summed E-state index contributed by atoms with van der Waals surface area (Å²) < 4.78 is 27.7. The lowest BCUT2D eigenvalue weighted by Crippen LogP contribution is -2.91. The van der Waals surface area contributed by atoms with Crippen LogP contribution in [0.15, 0.2) is 29.2 Å². The zero-order valence-corrected chi connectivity index (χ0v) is 17.9. The Morgan fingerprint density at radius 3 is 2.21 bits per heavy atom. The monoisotopic (exact) mass is 408 g/mol. The predicted molar refractivity (Wildman–Crippen MR) is 111 cm³/mol. The van der Waals surface area contributed by atoms with Gasteiger partial charge < -0.3 is 10.6 Å². The van der Waals surface area contributed by atoms with Crippen molar-refractivity contribution in [2.24, 2.45) is 0 Å². The fourth-order valence-electron chi connectivity index (χ4n) is 4.56. The summed E-state index contributed by atoms with van der Waals surface area (Å²) in [5.74, 6) is -0.0422. The number of anilines is 1. The fourth-order valence-corrected chi connectivity index (χ4v) is 6.44. The van der Waals surface area contributed by atoms with Gasteiger partial charge >= 0.3 is 0 Å². The molecule has 1 aliphatic heterocycles. The first-order valence-electron chi connectivity index (χ1n) is 10.6. The third-order valence-corrected chi connectivity index (χ3v) is 8.26. The van der Waals surface area contributed by atoms with Crippen molar-refractivity contribution in [3.63, 3.8) is 0 Å². The van der Waals surface area contributed by atoms with Crippen molar-refractivity contribution >= 4 is 21.6 Å². The van der Waals surface area contributed by atoms with Crippen LogP contribution < -0.4 is 10.6 Å². The molecule has 28 heavy (non-hydrogen) atoms. The smallest absolute Gasteiger partial charge is 0.279 e. The molecule has 1 aromatic rings. The second kappa shape index (κ2) is 9.37. The number of nitrogens with zero attached hydrogens (tertiary/aromatic N) is 1. The van der Waals surface area contributed by atoms with Crippen LogP contribution in [0.2, 0.25) is 0 Å². The number of sulfonamides is 1. The van der Waals surface area contributed by atoms with Crippen molar-refractivity contribution in [1.29, 1.82) is 0 Å². The standard InChI is InChI=1S/C21H33N3O3S/c1-16-7-6-8-17(2)24(16)28(26,27)20-13-11-19(12-14-20)23-21(25)15-22-18-9-4-3-5-10-18/h11-14,16-18,22H,3-10,15H2,1-2H3,(H,23,25)/p+1/t16-,17-/m1/s1. The number of nitrogens with two attached hydrogens (primary N) is 1. The molecule has 0 spiro atoms. The molecule has 2 aliphatic rings. The summed E-state index contributed by atoms with van der Waals surface area (Å²) in [6.07, 6.45) is 9.06. The van der Waals surface area contributed by atoms with Gasteiger partial charge in [-0.2, -0.15) is 4.31 Å². The summed E-state index contributed by atoms with van der Waals surface area (Å²) in [6, 6.07) is 7.16. The molecule has 1 aromatic carbocycles. The second-order valence-corrected chi connectivity index (χ2v) is 10.2. The minimum atomic E-state index is -3.52. The van der Waals surface area contributed by atoms with Crippen LogP contribution in [-0.4, -0.2) is 43.3 Å². The first-order valence-corrected chi connectivity index (χ1v) is 12.1. The fraction of sp³-hybridized carbons (Fsp3) is 0.667. The van der Waals surface area contributed by atoms with Gasteiger partial charge in [-0.3, -0.25) is 4.79 Å². The van der Waals surface area contributed by atoms with Crippen LogP contribution in [0.4, 0.5) is 5.69 Å². The molecule has 6 nitrogen and oxygen atoms in total. The van der Waals surface area contributed by atoms with Gasteiger partial charge in [-0.15, -0.1) is 0 Å². The van der Waals surface area contributed by atoms with Crippen molar-refractivity contribution in [2.45, 2.75) is 88.2 Å². The van der Waals surface area contributed by atoms with Crippen molar-refractivity contribution < 1.29 is 18.5 Å². The van der Waals surface area contributed by atoms with Gasteiger partial charge in [0.05, 0.1) is 10.9 Å². The Labute approximate surface area is 169 Å². The lowest BCUT2D eigenvalue weighted by atomic mass is 9.95. The molecule has 156 valence electrons. The number of rotatable bonds is 6. The van der Waals surface area contributed by atoms with Gasteiger partial charge in [0.2, 0.25) is 10.0 Å². The number of carbonyl (C=O) groups is 1. The quantitative estimate of drug-likeness (QED) is 0.758. The number of carbonyl (C=O) groups excluding carboxylic acids is 1. The van der Waals surface area contributed by atoms with E-state index in [0.717, 1.165) is 19.3 Å². The maximum absolute atomic E-state index is 13.1. The number of nitrogens with one attached hydrogen (secondary N) is 1. The zero-order chi connectivity index (χ0) is 20.1. The highest BCUT2D eigenvalue weighted by Crippen LogP contribution is 2.29. The molecule has 2 fully saturated rings. The van der Waals surface area contributed by atoms with Crippen LogP contribution in [0.25, 0.3) is 0 Å². The van der Waals surface area contributed by atoms with E-state index in [1.54, 1.807) is 28.6 Å². The molecule has 7 heteroatoms. The van der Waals surface area contributed by atoms with E-state index in [2.05, 4.69) is 10.6 Å². The normalized spacial score (nSPS) is 24.8. The lowest BCUT2D eigenvalue weighted by Gasteiger charge is -2.37. The molecule has 1 amide bonds. The second-order valence-electron chi connectivity index (χ2n) is 8.37. The minimum absolute atomic E-state index is 0.0171. The lowest BCUT2D eigenvalue weighted by molar-refractivity contribution is -0.681. The van der Waals surface area contributed by atoms with Gasteiger partial charge in [-0.05, 0) is 76.6 Å². The van der Waals surface area contributed by atoms with Crippen LogP contribution in [-0.2, 0) is 14.8 Å². The Morgan fingerprint density at radius 2 is 1.61 bits per heavy atom. The van der Waals surface area contributed by atoms with Gasteiger partial charge in [0, 0.05) is 17.8 Å². The van der Waals surface area contributed by atoms with Gasteiger partial charge in [-0.1, -0.05) is 12.8 Å². The summed E-state index contributed by atoms with van der Waals surface area (Å²) in [5.41, 5.74) is 0.640. The Balaban J connectivity index is 1.58. The largest absolute Gasteiger partial charge is 0.336 e. The first-order chi connectivity index (χ1) is 13.4. The van der Waals surface area contributed by atoms with Crippen molar-refractivity contribution in [1.82, 2.24) is 4.31 Å². The summed E-state index contributed by atoms with van der Waals surface area (Å²) in [6.45, 7) is 4.36. The topological polar surface area (TPSA) is 83.1 Å². The molecule has 1 saturated heterocycles. The van der Waals surface area contributed by atoms with E-state index in [9.17, 15) is 13.2 Å². The number of quaternary nitrogens is 1. The summed E-state index contributed by atoms with van der Waals surface area (Å²) in [4.78, 5) is 12.5. The average molecular weight is 409 g/mol. The molecule has 0 unspecified atom stereocenters. The Morgan fingerprint density at radius 1 is 1.00 bits per heavy atom. The van der Waals surface area contributed by atoms with Gasteiger partial charge in [0.25, 0.3) is 5.91 Å². The SMILES string of the molecule is C[C@@H]1CCC[C@@H](C)N1S(=O)(=O)c1ccc(NC(=O)C[NH2+]C2CCCCC2)cc1. The third kappa shape index (κ3) is 5.13. The van der Waals surface area contributed by atoms with E-state index < -0.39 is 10.0 Å². The molecule has 0 aromatic heterocycles. The molecule has 3 rings (SSSR count). The minimum Gasteiger partial charge on any atom is -0.336 e. The molecule has 0 radical (unpaired) electrons. The van der Waals surface area contributed by atoms with E-state index >= 15 is 0 Å². The van der Waals surface area contributed by atoms with E-state index in [-0.39, 0.29) is 18.0 Å². The summed E-state index contributed by atoms with van der Waals surface area (Å²) >= 11 is 0. The number of benzene rings is 1. The highest BCUT2D eigenvalue weighted by atomic mass is 32.2. The predicted octanol–water partition coefficient (Wildman–Crippen LogP) is 2.47. The first kappa shape index (κ1) is 21.3. The number of amides is 1. The van der Waals surface area contributed by atoms with Crippen LogP contribution in [0.3, 0.4) is 0 Å². The maximum Gasteiger partial charge on any atom is 0.279 e. The summed E-state index contributed by atoms with van der Waals surface area (Å²) in [5, 5.41) is 5.01. The molecule has 2 atom stereocenters. The van der Waals surface area contributed by atoms with Crippen LogP contribution in [0, 0.1) is 0 Å². The average Bonchev–Trinajstić information content (AvgIpc) is 2.67. The van der Waals surface area contributed by atoms with E-state index in [1.165, 1.54) is 32.1 Å². The molecular formula is C21H34N3O3S+.